The zero-order chi connectivity index (χ0) is 13.9. The molecule has 3 rings (SSSR count). The van der Waals surface area contributed by atoms with Gasteiger partial charge in [0, 0.05) is 24.3 Å². The fourth-order valence-electron chi connectivity index (χ4n) is 3.90. The average Bonchev–Trinajstić information content (AvgIpc) is 2.48. The van der Waals surface area contributed by atoms with Crippen LogP contribution >= 0.6 is 0 Å². The molecular formula is C18H27NO. The quantitative estimate of drug-likeness (QED) is 0.812. The Morgan fingerprint density at radius 3 is 2.55 bits per heavy atom. The highest BCUT2D eigenvalue weighted by atomic mass is 16.3. The second-order valence-electron chi connectivity index (χ2n) is 6.37. The minimum atomic E-state index is 0.556. The first-order valence-electron chi connectivity index (χ1n) is 8.42. The second kappa shape index (κ2) is 6.07. The van der Waals surface area contributed by atoms with Crippen LogP contribution in [0, 0.1) is 0 Å². The molecule has 0 radical (unpaired) electrons. The van der Waals surface area contributed by atoms with E-state index in [4.69, 9.17) is 0 Å². The molecule has 1 aromatic carbocycles. The first-order chi connectivity index (χ1) is 9.81. The fourth-order valence-corrected chi connectivity index (χ4v) is 3.90. The highest BCUT2D eigenvalue weighted by Gasteiger charge is 2.27. The van der Waals surface area contributed by atoms with Gasteiger partial charge in [-0.2, -0.15) is 0 Å². The lowest BCUT2D eigenvalue weighted by molar-refractivity contribution is 0.461. The number of phenolic OH excluding ortho intramolecular Hbond substituents is 1. The number of aromatic hydroxyl groups is 1. The number of unbranched alkanes of at least 4 members (excludes halogenated alkanes) is 3. The van der Waals surface area contributed by atoms with Crippen molar-refractivity contribution in [3.8, 4) is 5.75 Å². The van der Waals surface area contributed by atoms with E-state index in [1.165, 1.54) is 74.8 Å². The van der Waals surface area contributed by atoms with Crippen LogP contribution in [0.2, 0.25) is 0 Å². The summed E-state index contributed by atoms with van der Waals surface area (Å²) in [6.07, 6.45) is 11.1. The molecule has 0 unspecified atom stereocenters. The molecule has 0 atom stereocenters. The van der Waals surface area contributed by atoms with Crippen LogP contribution in [-0.4, -0.2) is 18.2 Å². The van der Waals surface area contributed by atoms with Crippen LogP contribution in [0.5, 0.6) is 5.75 Å². The Kier molecular flexibility index (Phi) is 4.18. The molecule has 0 aliphatic carbocycles. The largest absolute Gasteiger partial charge is 0.508 e. The van der Waals surface area contributed by atoms with Crippen LogP contribution in [0.25, 0.3) is 0 Å². The lowest BCUT2D eigenvalue weighted by Gasteiger charge is -2.38. The van der Waals surface area contributed by atoms with Crippen LogP contribution in [-0.2, 0) is 19.3 Å². The van der Waals surface area contributed by atoms with E-state index >= 15 is 0 Å². The summed E-state index contributed by atoms with van der Waals surface area (Å²) in [7, 11) is 0. The van der Waals surface area contributed by atoms with Gasteiger partial charge in [-0.25, -0.2) is 0 Å². The van der Waals surface area contributed by atoms with Gasteiger partial charge < -0.3 is 10.0 Å². The first kappa shape index (κ1) is 13.8. The minimum absolute atomic E-state index is 0.556. The van der Waals surface area contributed by atoms with Crippen molar-refractivity contribution in [2.24, 2.45) is 0 Å². The molecule has 20 heavy (non-hydrogen) atoms. The molecule has 2 heteroatoms. The number of aryl methyl sites for hydroxylation is 1. The standard InChI is InChI=1S/C18H27NO/c1-2-3-4-5-8-14-13-17(20)16-10-7-12-19-11-6-9-15(14)18(16)19/h13,20H,2-12H2,1H3. The number of hydrogen-bond donors (Lipinski definition) is 1. The average molecular weight is 273 g/mol. The molecule has 110 valence electrons. The van der Waals surface area contributed by atoms with Gasteiger partial charge in [-0.15, -0.1) is 0 Å². The van der Waals surface area contributed by atoms with E-state index < -0.39 is 0 Å². The molecule has 2 aliphatic heterocycles. The number of benzene rings is 1. The molecule has 2 aliphatic rings. The van der Waals surface area contributed by atoms with Gasteiger partial charge in [0.05, 0.1) is 0 Å². The summed E-state index contributed by atoms with van der Waals surface area (Å²) in [5.41, 5.74) is 5.61. The molecule has 0 saturated heterocycles. The maximum Gasteiger partial charge on any atom is 0.121 e. The molecular weight excluding hydrogens is 246 g/mol. The Balaban J connectivity index is 1.88. The van der Waals surface area contributed by atoms with E-state index in [1.54, 1.807) is 5.56 Å². The summed E-state index contributed by atoms with van der Waals surface area (Å²) in [5, 5.41) is 10.4. The molecule has 2 nitrogen and oxygen atoms in total. The fraction of sp³-hybridized carbons (Fsp3) is 0.667. The van der Waals surface area contributed by atoms with E-state index in [9.17, 15) is 5.11 Å². The van der Waals surface area contributed by atoms with Crippen molar-refractivity contribution in [2.75, 3.05) is 18.0 Å². The van der Waals surface area contributed by atoms with Crippen LogP contribution in [0.1, 0.15) is 62.1 Å². The van der Waals surface area contributed by atoms with Crippen LogP contribution < -0.4 is 4.90 Å². The molecule has 1 N–H and O–H groups in total. The normalized spacial score (nSPS) is 17.1. The van der Waals surface area contributed by atoms with Crippen molar-refractivity contribution < 1.29 is 5.11 Å². The van der Waals surface area contributed by atoms with Crippen molar-refractivity contribution in [1.29, 1.82) is 0 Å². The van der Waals surface area contributed by atoms with E-state index in [2.05, 4.69) is 17.9 Å². The minimum Gasteiger partial charge on any atom is -0.508 e. The molecule has 2 heterocycles. The summed E-state index contributed by atoms with van der Waals surface area (Å²) >= 11 is 0. The van der Waals surface area contributed by atoms with Crippen LogP contribution in [0.15, 0.2) is 6.07 Å². The lowest BCUT2D eigenvalue weighted by Crippen LogP contribution is -2.35. The third-order valence-electron chi connectivity index (χ3n) is 4.90. The Bertz CT molecular complexity index is 479. The van der Waals surface area contributed by atoms with Crippen molar-refractivity contribution in [3.05, 3.63) is 22.8 Å². The van der Waals surface area contributed by atoms with Crippen molar-refractivity contribution in [3.63, 3.8) is 0 Å². The summed E-state index contributed by atoms with van der Waals surface area (Å²) < 4.78 is 0. The first-order valence-corrected chi connectivity index (χ1v) is 8.42. The van der Waals surface area contributed by atoms with Gasteiger partial charge in [-0.1, -0.05) is 26.2 Å². The predicted molar refractivity (Wildman–Crippen MR) is 84.8 cm³/mol. The van der Waals surface area contributed by atoms with E-state index in [0.717, 1.165) is 12.8 Å². The Morgan fingerprint density at radius 2 is 1.80 bits per heavy atom. The van der Waals surface area contributed by atoms with Gasteiger partial charge in [0.1, 0.15) is 5.75 Å². The smallest absolute Gasteiger partial charge is 0.121 e. The summed E-state index contributed by atoms with van der Waals surface area (Å²) in [4.78, 5) is 2.52. The maximum absolute atomic E-state index is 10.4. The van der Waals surface area contributed by atoms with E-state index in [1.807, 2.05) is 0 Å². The molecule has 0 saturated carbocycles. The molecule has 1 aromatic rings. The molecule has 0 fully saturated rings. The second-order valence-corrected chi connectivity index (χ2v) is 6.37. The highest BCUT2D eigenvalue weighted by molar-refractivity contribution is 5.69. The number of rotatable bonds is 5. The Morgan fingerprint density at radius 1 is 1.05 bits per heavy atom. The number of hydrogen-bond acceptors (Lipinski definition) is 2. The van der Waals surface area contributed by atoms with Gasteiger partial charge in [0.25, 0.3) is 0 Å². The van der Waals surface area contributed by atoms with Crippen molar-refractivity contribution in [2.45, 2.75) is 64.7 Å². The van der Waals surface area contributed by atoms with Gasteiger partial charge >= 0.3 is 0 Å². The summed E-state index contributed by atoms with van der Waals surface area (Å²) in [6, 6.07) is 2.08. The summed E-state index contributed by atoms with van der Waals surface area (Å²) in [6.45, 7) is 4.61. The third kappa shape index (κ3) is 2.53. The zero-order valence-corrected chi connectivity index (χ0v) is 12.7. The van der Waals surface area contributed by atoms with Gasteiger partial charge in [-0.05, 0) is 55.7 Å². The van der Waals surface area contributed by atoms with Crippen LogP contribution in [0.3, 0.4) is 0 Å². The SMILES string of the molecule is CCCCCCc1cc(O)c2c3c1CCCN3CCC2. The van der Waals surface area contributed by atoms with Crippen molar-refractivity contribution in [1.82, 2.24) is 0 Å². The molecule has 0 amide bonds. The molecule has 0 bridgehead atoms. The number of nitrogens with zero attached hydrogens (tertiary/aromatic N) is 1. The van der Waals surface area contributed by atoms with Gasteiger partial charge in [-0.3, -0.25) is 0 Å². The Hall–Kier alpha value is -1.18. The summed E-state index contributed by atoms with van der Waals surface area (Å²) in [5.74, 6) is 0.556. The monoisotopic (exact) mass is 273 g/mol. The topological polar surface area (TPSA) is 23.5 Å². The third-order valence-corrected chi connectivity index (χ3v) is 4.90. The maximum atomic E-state index is 10.4. The van der Waals surface area contributed by atoms with Gasteiger partial charge in [0.2, 0.25) is 0 Å². The number of phenols is 1. The highest BCUT2D eigenvalue weighted by Crippen LogP contribution is 2.42. The van der Waals surface area contributed by atoms with E-state index in [0.29, 0.717) is 5.75 Å². The molecule has 0 spiro atoms. The van der Waals surface area contributed by atoms with E-state index in [-0.39, 0.29) is 0 Å². The number of anilines is 1. The van der Waals surface area contributed by atoms with Crippen LogP contribution in [0.4, 0.5) is 5.69 Å². The van der Waals surface area contributed by atoms with Crippen molar-refractivity contribution >= 4 is 5.69 Å². The lowest BCUT2D eigenvalue weighted by atomic mass is 9.86. The molecule has 0 aromatic heterocycles. The Labute approximate surface area is 122 Å². The zero-order valence-electron chi connectivity index (χ0n) is 12.7. The van der Waals surface area contributed by atoms with Gasteiger partial charge in [0.15, 0.2) is 0 Å². The predicted octanol–water partition coefficient (Wildman–Crippen LogP) is 4.21.